The van der Waals surface area contributed by atoms with Crippen LogP contribution in [-0.2, 0) is 6.42 Å². The third-order valence-corrected chi connectivity index (χ3v) is 1.68. The second kappa shape index (κ2) is 3.37. The van der Waals surface area contributed by atoms with E-state index in [1.54, 1.807) is 0 Å². The van der Waals surface area contributed by atoms with E-state index in [0.717, 1.165) is 0 Å². The lowest BCUT2D eigenvalue weighted by atomic mass is 10.2. The van der Waals surface area contributed by atoms with Crippen LogP contribution in [0, 0.1) is 11.3 Å². The number of aromatic nitrogens is 2. The molecule has 0 aliphatic carbocycles. The average Bonchev–Trinajstić information content (AvgIpc) is 2.03. The van der Waals surface area contributed by atoms with Gasteiger partial charge in [0.1, 0.15) is 11.6 Å². The lowest BCUT2D eigenvalue weighted by molar-refractivity contribution is 0.997. The van der Waals surface area contributed by atoms with Gasteiger partial charge in [-0.15, -0.1) is 0 Å². The van der Waals surface area contributed by atoms with Gasteiger partial charge in [-0.2, -0.15) is 10.2 Å². The summed E-state index contributed by atoms with van der Waals surface area (Å²) in [5, 5.41) is 8.79. The third kappa shape index (κ3) is 1.46. The van der Waals surface area contributed by atoms with E-state index < -0.39 is 0 Å². The maximum atomic E-state index is 8.67. The van der Waals surface area contributed by atoms with Crippen LogP contribution in [0.15, 0.2) is 0 Å². The zero-order chi connectivity index (χ0) is 9.14. The first-order valence-electron chi connectivity index (χ1n) is 3.41. The predicted molar refractivity (Wildman–Crippen MR) is 45.5 cm³/mol. The van der Waals surface area contributed by atoms with Crippen LogP contribution in [0.1, 0.15) is 18.2 Å². The molecule has 1 heterocycles. The zero-order valence-corrected chi connectivity index (χ0v) is 7.26. The summed E-state index contributed by atoms with van der Waals surface area (Å²) < 4.78 is 0. The molecule has 0 radical (unpaired) electrons. The highest BCUT2D eigenvalue weighted by molar-refractivity contribution is 6.30. The molecule has 0 fully saturated rings. The molecule has 1 aromatic heterocycles. The lowest BCUT2D eigenvalue weighted by Crippen LogP contribution is -2.02. The summed E-state index contributed by atoms with van der Waals surface area (Å²) in [4.78, 5) is 7.55. The van der Waals surface area contributed by atoms with Gasteiger partial charge < -0.3 is 5.73 Å². The maximum absolute atomic E-state index is 8.67. The van der Waals surface area contributed by atoms with Crippen LogP contribution in [0.5, 0.6) is 0 Å². The number of hydrogen-bond acceptors (Lipinski definition) is 4. The Morgan fingerprint density at radius 1 is 1.58 bits per heavy atom. The molecule has 2 N–H and O–H groups in total. The van der Waals surface area contributed by atoms with Crippen molar-refractivity contribution in [1.82, 2.24) is 9.97 Å². The third-order valence-electron chi connectivity index (χ3n) is 1.40. The van der Waals surface area contributed by atoms with Gasteiger partial charge in [0.15, 0.2) is 5.15 Å². The van der Waals surface area contributed by atoms with Gasteiger partial charge in [0, 0.05) is 0 Å². The summed E-state index contributed by atoms with van der Waals surface area (Å²) >= 11 is 5.66. The van der Waals surface area contributed by atoms with Crippen molar-refractivity contribution < 1.29 is 0 Å². The largest absolute Gasteiger partial charge is 0.368 e. The molecule has 0 amide bonds. The number of nitrogens with zero attached hydrogens (tertiary/aromatic N) is 3. The summed E-state index contributed by atoms with van der Waals surface area (Å²) in [6, 6.07) is 1.93. The van der Waals surface area contributed by atoms with E-state index in [-0.39, 0.29) is 11.1 Å². The Labute approximate surface area is 75.0 Å². The fourth-order valence-corrected chi connectivity index (χ4v) is 1.10. The zero-order valence-electron chi connectivity index (χ0n) is 6.50. The number of nitrogen functional groups attached to an aromatic ring is 1. The Bertz CT molecular complexity index is 342. The van der Waals surface area contributed by atoms with Crippen LogP contribution in [-0.4, -0.2) is 9.97 Å². The molecule has 62 valence electrons. The topological polar surface area (TPSA) is 75.6 Å². The number of anilines is 1. The predicted octanol–water partition coefficient (Wildman–Crippen LogP) is 1.15. The Balaban J connectivity index is 3.36. The smallest absolute Gasteiger partial charge is 0.221 e. The Morgan fingerprint density at radius 3 is 2.75 bits per heavy atom. The summed E-state index contributed by atoms with van der Waals surface area (Å²) in [5.41, 5.74) is 6.25. The second-order valence-corrected chi connectivity index (χ2v) is 2.52. The molecule has 5 heteroatoms. The minimum absolute atomic E-state index is 0.107. The molecule has 0 aliphatic heterocycles. The number of aryl methyl sites for hydroxylation is 1. The van der Waals surface area contributed by atoms with Crippen molar-refractivity contribution in [3.63, 3.8) is 0 Å². The van der Waals surface area contributed by atoms with Crippen LogP contribution < -0.4 is 5.73 Å². The van der Waals surface area contributed by atoms with Crippen LogP contribution in [0.25, 0.3) is 0 Å². The van der Waals surface area contributed by atoms with E-state index in [4.69, 9.17) is 22.6 Å². The van der Waals surface area contributed by atoms with Gasteiger partial charge in [0.2, 0.25) is 5.95 Å². The fraction of sp³-hybridized carbons (Fsp3) is 0.286. The first kappa shape index (κ1) is 8.75. The second-order valence-electron chi connectivity index (χ2n) is 2.16. The van der Waals surface area contributed by atoms with E-state index in [9.17, 15) is 0 Å². The first-order chi connectivity index (χ1) is 5.69. The first-order valence-corrected chi connectivity index (χ1v) is 3.78. The quantitative estimate of drug-likeness (QED) is 0.661. The molecule has 0 saturated carbocycles. The van der Waals surface area contributed by atoms with E-state index in [0.29, 0.717) is 17.7 Å². The molecule has 0 aromatic carbocycles. The number of nitriles is 1. The molecular weight excluding hydrogens is 176 g/mol. The molecule has 1 aromatic rings. The van der Waals surface area contributed by atoms with Crippen molar-refractivity contribution in [2.75, 3.05) is 5.73 Å². The highest BCUT2D eigenvalue weighted by Crippen LogP contribution is 2.16. The minimum atomic E-state index is 0.107. The van der Waals surface area contributed by atoms with Gasteiger partial charge in [-0.3, -0.25) is 0 Å². The molecule has 1 rings (SSSR count). The van der Waals surface area contributed by atoms with E-state index >= 15 is 0 Å². The summed E-state index contributed by atoms with van der Waals surface area (Å²) in [5.74, 6) is 0.107. The van der Waals surface area contributed by atoms with Crippen molar-refractivity contribution in [2.45, 2.75) is 13.3 Å². The van der Waals surface area contributed by atoms with E-state index in [1.807, 2.05) is 13.0 Å². The average molecular weight is 183 g/mol. The van der Waals surface area contributed by atoms with Gasteiger partial charge >= 0.3 is 0 Å². The van der Waals surface area contributed by atoms with Crippen molar-refractivity contribution >= 4 is 17.5 Å². The van der Waals surface area contributed by atoms with Gasteiger partial charge in [-0.1, -0.05) is 18.5 Å². The minimum Gasteiger partial charge on any atom is -0.368 e. The molecule has 12 heavy (non-hydrogen) atoms. The highest BCUT2D eigenvalue weighted by atomic mass is 35.5. The van der Waals surface area contributed by atoms with Gasteiger partial charge in [0.05, 0.1) is 5.69 Å². The Morgan fingerprint density at radius 2 is 2.25 bits per heavy atom. The summed E-state index contributed by atoms with van der Waals surface area (Å²) in [7, 11) is 0. The normalized spacial score (nSPS) is 9.42. The van der Waals surface area contributed by atoms with Crippen molar-refractivity contribution in [1.29, 1.82) is 5.26 Å². The fourth-order valence-electron chi connectivity index (χ4n) is 0.861. The summed E-state index contributed by atoms with van der Waals surface area (Å²) in [6.07, 6.45) is 0.620. The molecule has 0 unspecified atom stereocenters. The maximum Gasteiger partial charge on any atom is 0.221 e. The monoisotopic (exact) mass is 182 g/mol. The van der Waals surface area contributed by atoms with Crippen molar-refractivity contribution in [3.05, 3.63) is 16.4 Å². The van der Waals surface area contributed by atoms with Crippen molar-refractivity contribution in [2.24, 2.45) is 0 Å². The molecule has 0 atom stereocenters. The van der Waals surface area contributed by atoms with E-state index in [2.05, 4.69) is 9.97 Å². The van der Waals surface area contributed by atoms with Crippen LogP contribution in [0.3, 0.4) is 0 Å². The lowest BCUT2D eigenvalue weighted by Gasteiger charge is -2.01. The number of halogens is 1. The van der Waals surface area contributed by atoms with Gasteiger partial charge in [-0.05, 0) is 6.42 Å². The molecule has 0 bridgehead atoms. The van der Waals surface area contributed by atoms with Crippen LogP contribution in [0.4, 0.5) is 5.95 Å². The molecule has 0 aliphatic rings. The molecule has 0 spiro atoms. The van der Waals surface area contributed by atoms with Crippen LogP contribution >= 0.6 is 11.6 Å². The number of nitrogens with two attached hydrogens (primary N) is 1. The van der Waals surface area contributed by atoms with Crippen LogP contribution in [0.2, 0.25) is 5.15 Å². The standard InChI is InChI=1S/C7H7ClN4/c1-2-5-4(3-9)6(8)12-7(10)11-5/h2H2,1H3,(H2,10,11,12). The van der Waals surface area contributed by atoms with Crippen molar-refractivity contribution in [3.8, 4) is 6.07 Å². The number of hydrogen-bond donors (Lipinski definition) is 1. The SMILES string of the molecule is CCc1nc(N)nc(Cl)c1C#N. The van der Waals surface area contributed by atoms with Gasteiger partial charge in [-0.25, -0.2) is 4.98 Å². The molecule has 0 saturated heterocycles. The number of rotatable bonds is 1. The molecular formula is C7H7ClN4. The Hall–Kier alpha value is -1.34. The van der Waals surface area contributed by atoms with Gasteiger partial charge in [0.25, 0.3) is 0 Å². The van der Waals surface area contributed by atoms with E-state index in [1.165, 1.54) is 0 Å². The molecule has 4 nitrogen and oxygen atoms in total. The Kier molecular flexibility index (Phi) is 2.46. The summed E-state index contributed by atoms with van der Waals surface area (Å²) in [6.45, 7) is 1.87. The highest BCUT2D eigenvalue weighted by Gasteiger charge is 2.08.